The Balaban J connectivity index is 0.00000225. The molecule has 0 spiro atoms. The highest BCUT2D eigenvalue weighted by molar-refractivity contribution is 14.0. The first-order chi connectivity index (χ1) is 13.3. The van der Waals surface area contributed by atoms with Crippen molar-refractivity contribution in [2.45, 2.75) is 25.8 Å². The Kier molecular flexibility index (Phi) is 8.02. The molecule has 3 heterocycles. The van der Waals surface area contributed by atoms with E-state index < -0.39 is 0 Å². The van der Waals surface area contributed by atoms with Crippen LogP contribution in [0.15, 0.2) is 41.4 Å². The van der Waals surface area contributed by atoms with Gasteiger partial charge in [-0.25, -0.2) is 0 Å². The van der Waals surface area contributed by atoms with Gasteiger partial charge in [0.05, 0.1) is 0 Å². The van der Waals surface area contributed by atoms with E-state index in [1.807, 2.05) is 7.05 Å². The van der Waals surface area contributed by atoms with E-state index in [1.54, 1.807) is 0 Å². The van der Waals surface area contributed by atoms with Gasteiger partial charge >= 0.3 is 0 Å². The molecular weight excluding hydrogens is 461 g/mol. The molecule has 5 nitrogen and oxygen atoms in total. The summed E-state index contributed by atoms with van der Waals surface area (Å²) in [6, 6.07) is 8.92. The molecular formula is C22H34IN5. The van der Waals surface area contributed by atoms with Gasteiger partial charge in [-0.15, -0.1) is 24.0 Å². The lowest BCUT2D eigenvalue weighted by Crippen LogP contribution is -2.40. The predicted molar refractivity (Wildman–Crippen MR) is 129 cm³/mol. The van der Waals surface area contributed by atoms with Gasteiger partial charge in [0, 0.05) is 52.0 Å². The Morgan fingerprint density at radius 2 is 1.79 bits per heavy atom. The second-order valence-corrected chi connectivity index (χ2v) is 8.05. The maximum atomic E-state index is 4.53. The number of halogens is 1. The summed E-state index contributed by atoms with van der Waals surface area (Å²) in [5, 5.41) is 3.57. The highest BCUT2D eigenvalue weighted by atomic mass is 127. The second kappa shape index (κ2) is 10.5. The topological polar surface area (TPSA) is 34.1 Å². The Bertz CT molecular complexity index is 658. The van der Waals surface area contributed by atoms with Crippen molar-refractivity contribution in [1.29, 1.82) is 0 Å². The molecule has 1 unspecified atom stereocenters. The highest BCUT2D eigenvalue weighted by Gasteiger charge is 2.27. The number of nitrogens with one attached hydrogen (secondary N) is 1. The normalized spacial score (nSPS) is 22.8. The number of rotatable bonds is 5. The molecule has 1 aromatic rings. The first kappa shape index (κ1) is 21.4. The number of nitrogens with zero attached hydrogens (tertiary/aromatic N) is 4. The molecule has 1 N–H and O–H groups in total. The summed E-state index contributed by atoms with van der Waals surface area (Å²) >= 11 is 0. The van der Waals surface area contributed by atoms with E-state index >= 15 is 0 Å². The van der Waals surface area contributed by atoms with Gasteiger partial charge in [0.1, 0.15) is 0 Å². The largest absolute Gasteiger partial charge is 0.364 e. The minimum atomic E-state index is 0. The van der Waals surface area contributed by atoms with Crippen molar-refractivity contribution >= 4 is 35.6 Å². The molecule has 2 fully saturated rings. The molecule has 1 atom stereocenters. The summed E-state index contributed by atoms with van der Waals surface area (Å²) in [6.45, 7) is 9.00. The zero-order valence-electron chi connectivity index (χ0n) is 17.0. The van der Waals surface area contributed by atoms with Crippen molar-refractivity contribution in [3.05, 3.63) is 42.0 Å². The number of guanidine groups is 1. The van der Waals surface area contributed by atoms with Crippen LogP contribution >= 0.6 is 24.0 Å². The van der Waals surface area contributed by atoms with Crippen LogP contribution in [0.1, 0.15) is 24.8 Å². The van der Waals surface area contributed by atoms with Crippen molar-refractivity contribution < 1.29 is 0 Å². The van der Waals surface area contributed by atoms with Gasteiger partial charge in [-0.05, 0) is 56.0 Å². The van der Waals surface area contributed by atoms with Crippen molar-refractivity contribution in [3.63, 3.8) is 0 Å². The fraction of sp³-hybridized carbons (Fsp3) is 0.591. The van der Waals surface area contributed by atoms with Gasteiger partial charge in [-0.2, -0.15) is 0 Å². The minimum absolute atomic E-state index is 0. The average Bonchev–Trinajstić information content (AvgIpc) is 3.46. The fourth-order valence-electron chi connectivity index (χ4n) is 4.53. The molecule has 3 aliphatic rings. The molecule has 0 aliphatic carbocycles. The number of hydrogen-bond acceptors (Lipinski definition) is 3. The van der Waals surface area contributed by atoms with Gasteiger partial charge in [0.2, 0.25) is 0 Å². The summed E-state index contributed by atoms with van der Waals surface area (Å²) in [4.78, 5) is 12.0. The van der Waals surface area contributed by atoms with Crippen LogP contribution in [0.2, 0.25) is 0 Å². The molecule has 0 saturated carbocycles. The zero-order chi connectivity index (χ0) is 18.5. The SMILES string of the molecule is CN=C(NCc1ccc(N2CC=CC2)cc1)N1CCC(CN2CCCC2)C1.I. The monoisotopic (exact) mass is 495 g/mol. The van der Waals surface area contributed by atoms with E-state index in [0.717, 1.165) is 44.6 Å². The van der Waals surface area contributed by atoms with Gasteiger partial charge in [-0.3, -0.25) is 4.99 Å². The van der Waals surface area contributed by atoms with E-state index in [0.29, 0.717) is 0 Å². The average molecular weight is 495 g/mol. The predicted octanol–water partition coefficient (Wildman–Crippen LogP) is 3.17. The molecule has 0 aromatic heterocycles. The van der Waals surface area contributed by atoms with Crippen molar-refractivity contribution in [2.24, 2.45) is 10.9 Å². The summed E-state index contributed by atoms with van der Waals surface area (Å²) in [5.74, 6) is 1.83. The fourth-order valence-corrected chi connectivity index (χ4v) is 4.53. The van der Waals surface area contributed by atoms with E-state index in [9.17, 15) is 0 Å². The molecule has 0 radical (unpaired) electrons. The molecule has 1 aromatic carbocycles. The third-order valence-corrected chi connectivity index (χ3v) is 6.08. The number of likely N-dealkylation sites (tertiary alicyclic amines) is 2. The number of hydrogen-bond donors (Lipinski definition) is 1. The molecule has 28 heavy (non-hydrogen) atoms. The lowest BCUT2D eigenvalue weighted by atomic mass is 10.1. The molecule has 4 rings (SSSR count). The standard InChI is InChI=1S/C22H33N5.HI/c1-23-22(27-15-10-20(18-27)17-25-11-2-3-12-25)24-16-19-6-8-21(9-7-19)26-13-4-5-14-26;/h4-9,20H,2-3,10-18H2,1H3,(H,23,24);1H. The van der Waals surface area contributed by atoms with Crippen LogP contribution in [-0.2, 0) is 6.54 Å². The van der Waals surface area contributed by atoms with Gasteiger partial charge in [-0.1, -0.05) is 24.3 Å². The van der Waals surface area contributed by atoms with Crippen LogP contribution in [-0.4, -0.2) is 68.6 Å². The molecule has 154 valence electrons. The Morgan fingerprint density at radius 1 is 1.07 bits per heavy atom. The van der Waals surface area contributed by atoms with Gasteiger partial charge in [0.25, 0.3) is 0 Å². The maximum absolute atomic E-state index is 4.53. The van der Waals surface area contributed by atoms with Crippen LogP contribution in [0, 0.1) is 5.92 Å². The van der Waals surface area contributed by atoms with Crippen LogP contribution in [0.5, 0.6) is 0 Å². The summed E-state index contributed by atoms with van der Waals surface area (Å²) < 4.78 is 0. The summed E-state index contributed by atoms with van der Waals surface area (Å²) in [7, 11) is 1.90. The number of anilines is 1. The summed E-state index contributed by atoms with van der Waals surface area (Å²) in [6.07, 6.45) is 8.51. The van der Waals surface area contributed by atoms with Crippen molar-refractivity contribution in [2.75, 3.05) is 57.8 Å². The number of benzene rings is 1. The van der Waals surface area contributed by atoms with Gasteiger partial charge < -0.3 is 20.0 Å². The maximum Gasteiger partial charge on any atom is 0.193 e. The quantitative estimate of drug-likeness (QED) is 0.295. The lowest BCUT2D eigenvalue weighted by Gasteiger charge is -2.23. The van der Waals surface area contributed by atoms with E-state index in [-0.39, 0.29) is 24.0 Å². The van der Waals surface area contributed by atoms with Gasteiger partial charge in [0.15, 0.2) is 5.96 Å². The van der Waals surface area contributed by atoms with Crippen LogP contribution < -0.4 is 10.2 Å². The molecule has 6 heteroatoms. The smallest absolute Gasteiger partial charge is 0.193 e. The Morgan fingerprint density at radius 3 is 2.46 bits per heavy atom. The zero-order valence-corrected chi connectivity index (χ0v) is 19.3. The number of aliphatic imine (C=N–C) groups is 1. The molecule has 3 aliphatic heterocycles. The van der Waals surface area contributed by atoms with Crippen molar-refractivity contribution in [3.8, 4) is 0 Å². The molecule has 0 amide bonds. The molecule has 0 bridgehead atoms. The van der Waals surface area contributed by atoms with E-state index in [1.165, 1.54) is 50.1 Å². The lowest BCUT2D eigenvalue weighted by molar-refractivity contribution is 0.281. The van der Waals surface area contributed by atoms with E-state index in [4.69, 9.17) is 0 Å². The first-order valence-corrected chi connectivity index (χ1v) is 10.5. The van der Waals surface area contributed by atoms with Crippen LogP contribution in [0.3, 0.4) is 0 Å². The third kappa shape index (κ3) is 5.41. The summed E-state index contributed by atoms with van der Waals surface area (Å²) in [5.41, 5.74) is 2.61. The Labute approximate surface area is 186 Å². The third-order valence-electron chi connectivity index (χ3n) is 6.08. The van der Waals surface area contributed by atoms with Crippen LogP contribution in [0.25, 0.3) is 0 Å². The second-order valence-electron chi connectivity index (χ2n) is 8.05. The highest BCUT2D eigenvalue weighted by Crippen LogP contribution is 2.20. The van der Waals surface area contributed by atoms with Crippen molar-refractivity contribution in [1.82, 2.24) is 15.1 Å². The first-order valence-electron chi connectivity index (χ1n) is 10.5. The molecule has 2 saturated heterocycles. The Hall–Kier alpha value is -1.28. The van der Waals surface area contributed by atoms with E-state index in [2.05, 4.69) is 61.4 Å². The minimum Gasteiger partial charge on any atom is -0.364 e. The van der Waals surface area contributed by atoms with Crippen LogP contribution in [0.4, 0.5) is 5.69 Å².